The van der Waals surface area contributed by atoms with Crippen LogP contribution in [0.25, 0.3) is 0 Å². The molecule has 0 rings (SSSR count). The predicted molar refractivity (Wildman–Crippen MR) is 92.0 cm³/mol. The van der Waals surface area contributed by atoms with Gasteiger partial charge in [-0.3, -0.25) is 0 Å². The van der Waals surface area contributed by atoms with E-state index in [0.717, 1.165) is 4.48 Å². The average Bonchev–Trinajstić information content (AvgIpc) is 2.32. The summed E-state index contributed by atoms with van der Waals surface area (Å²) < 4.78 is 2.33. The van der Waals surface area contributed by atoms with Crippen LogP contribution in [-0.2, 0) is 0 Å². The number of hydrogen-bond donors (Lipinski definition) is 0. The van der Waals surface area contributed by atoms with E-state index in [9.17, 15) is 0 Å². The third-order valence-electron chi connectivity index (χ3n) is 4.21. The molecular formula is C18H42I2N2. The molecule has 4 heteroatoms. The maximum absolute atomic E-state index is 2.41. The summed E-state index contributed by atoms with van der Waals surface area (Å²) in [5.41, 5.74) is 0. The molecule has 0 aromatic carbocycles. The highest BCUT2D eigenvalue weighted by Crippen LogP contribution is 2.10. The second-order valence-electron chi connectivity index (χ2n) is 8.23. The van der Waals surface area contributed by atoms with E-state index in [-0.39, 0.29) is 48.0 Å². The highest BCUT2D eigenvalue weighted by molar-refractivity contribution is 4.46. The van der Waals surface area contributed by atoms with Crippen LogP contribution in [0.3, 0.4) is 0 Å². The van der Waals surface area contributed by atoms with Crippen molar-refractivity contribution in [2.75, 3.05) is 54.9 Å². The van der Waals surface area contributed by atoms with Gasteiger partial charge in [0.2, 0.25) is 0 Å². The average molecular weight is 540 g/mol. The maximum atomic E-state index is 2.41. The van der Waals surface area contributed by atoms with Gasteiger partial charge in [-0.25, -0.2) is 0 Å². The van der Waals surface area contributed by atoms with Crippen LogP contribution in [0.2, 0.25) is 0 Å². The molecule has 0 radical (unpaired) electrons. The molecule has 0 fully saturated rings. The third-order valence-corrected chi connectivity index (χ3v) is 4.21. The van der Waals surface area contributed by atoms with Gasteiger partial charge >= 0.3 is 0 Å². The zero-order valence-corrected chi connectivity index (χ0v) is 20.5. The van der Waals surface area contributed by atoms with Crippen molar-refractivity contribution in [3.05, 3.63) is 0 Å². The molecule has 0 unspecified atom stereocenters. The monoisotopic (exact) mass is 540 g/mol. The number of nitrogens with zero attached hydrogens (tertiary/aromatic N) is 2. The molecule has 0 bridgehead atoms. The van der Waals surface area contributed by atoms with E-state index in [4.69, 9.17) is 0 Å². The first-order valence-electron chi connectivity index (χ1n) is 8.89. The van der Waals surface area contributed by atoms with Crippen LogP contribution in [0.5, 0.6) is 0 Å². The molecule has 138 valence electrons. The molecule has 2 nitrogen and oxygen atoms in total. The third kappa shape index (κ3) is 21.4. The molecule has 0 saturated heterocycles. The fourth-order valence-corrected chi connectivity index (χ4v) is 2.73. The Balaban J connectivity index is -0.00000180. The molecule has 0 aromatic rings. The van der Waals surface area contributed by atoms with Gasteiger partial charge < -0.3 is 56.9 Å². The lowest BCUT2D eigenvalue weighted by molar-refractivity contribution is -0.890. The van der Waals surface area contributed by atoms with Crippen molar-refractivity contribution in [2.24, 2.45) is 0 Å². The van der Waals surface area contributed by atoms with Crippen molar-refractivity contribution in [1.29, 1.82) is 0 Å². The minimum Gasteiger partial charge on any atom is -1.00 e. The smallest absolute Gasteiger partial charge is 0.0782 e. The predicted octanol–water partition coefficient (Wildman–Crippen LogP) is -1.69. The SMILES string of the molecule is CCCCCCC[N+](C)(C)CCCCCC[N+](C)(C)C.[I-].[I-]. The van der Waals surface area contributed by atoms with Gasteiger partial charge in [-0.2, -0.15) is 0 Å². The lowest BCUT2D eigenvalue weighted by atomic mass is 10.1. The zero-order chi connectivity index (χ0) is 15.5. The highest BCUT2D eigenvalue weighted by Gasteiger charge is 2.13. The topological polar surface area (TPSA) is 0 Å². The van der Waals surface area contributed by atoms with Gasteiger partial charge in [0.25, 0.3) is 0 Å². The fourth-order valence-electron chi connectivity index (χ4n) is 2.73. The Hall–Kier alpha value is 1.38. The molecule has 22 heavy (non-hydrogen) atoms. The largest absolute Gasteiger partial charge is 1.00 e. The first-order chi connectivity index (χ1) is 9.27. The molecule has 0 amide bonds. The molecule has 0 aliphatic heterocycles. The number of unbranched alkanes of at least 4 members (excludes halogenated alkanes) is 7. The second kappa shape index (κ2) is 15.9. The molecule has 0 aliphatic carbocycles. The van der Waals surface area contributed by atoms with E-state index >= 15 is 0 Å². The van der Waals surface area contributed by atoms with Crippen molar-refractivity contribution < 1.29 is 56.9 Å². The van der Waals surface area contributed by atoms with Crippen LogP contribution < -0.4 is 48.0 Å². The van der Waals surface area contributed by atoms with Crippen molar-refractivity contribution in [3.8, 4) is 0 Å². The Morgan fingerprint density at radius 3 is 1.23 bits per heavy atom. The van der Waals surface area contributed by atoms with Crippen molar-refractivity contribution in [1.82, 2.24) is 0 Å². The molecule has 0 atom stereocenters. The second-order valence-corrected chi connectivity index (χ2v) is 8.23. The highest BCUT2D eigenvalue weighted by atomic mass is 127. The number of halogens is 2. The first-order valence-corrected chi connectivity index (χ1v) is 8.89. The van der Waals surface area contributed by atoms with E-state index in [1.165, 1.54) is 81.9 Å². The summed E-state index contributed by atoms with van der Waals surface area (Å²) in [6.07, 6.45) is 12.6. The van der Waals surface area contributed by atoms with Gasteiger partial charge in [0.05, 0.1) is 54.9 Å². The van der Waals surface area contributed by atoms with Crippen LogP contribution in [0.4, 0.5) is 0 Å². The molecule has 0 N–H and O–H groups in total. The molecular weight excluding hydrogens is 498 g/mol. The zero-order valence-electron chi connectivity index (χ0n) is 16.1. The number of hydrogen-bond acceptors (Lipinski definition) is 0. The van der Waals surface area contributed by atoms with E-state index in [0.29, 0.717) is 0 Å². The van der Waals surface area contributed by atoms with Crippen molar-refractivity contribution in [2.45, 2.75) is 64.7 Å². The summed E-state index contributed by atoms with van der Waals surface area (Å²) in [4.78, 5) is 0. The normalized spacial score (nSPS) is 11.7. The lowest BCUT2D eigenvalue weighted by Gasteiger charge is -2.30. The maximum Gasteiger partial charge on any atom is 0.0782 e. The molecule has 0 aromatic heterocycles. The van der Waals surface area contributed by atoms with Gasteiger partial charge in [0, 0.05) is 0 Å². The van der Waals surface area contributed by atoms with Crippen LogP contribution in [0.15, 0.2) is 0 Å². The summed E-state index contributed by atoms with van der Waals surface area (Å²) in [7, 11) is 11.7. The molecule has 0 spiro atoms. The van der Waals surface area contributed by atoms with E-state index in [2.05, 4.69) is 42.2 Å². The van der Waals surface area contributed by atoms with Crippen molar-refractivity contribution >= 4 is 0 Å². The summed E-state index contributed by atoms with van der Waals surface area (Å²) in [6.45, 7) is 6.33. The first kappa shape index (κ1) is 28.2. The van der Waals surface area contributed by atoms with E-state index in [1.54, 1.807) is 0 Å². The van der Waals surface area contributed by atoms with Crippen LogP contribution in [0, 0.1) is 0 Å². The summed E-state index contributed by atoms with van der Waals surface area (Å²) >= 11 is 0. The van der Waals surface area contributed by atoms with Crippen LogP contribution in [-0.4, -0.2) is 63.8 Å². The van der Waals surface area contributed by atoms with Crippen LogP contribution >= 0.6 is 0 Å². The van der Waals surface area contributed by atoms with E-state index in [1.807, 2.05) is 0 Å². The summed E-state index contributed by atoms with van der Waals surface area (Å²) in [5.74, 6) is 0. The molecule has 0 heterocycles. The molecule has 0 aliphatic rings. The lowest BCUT2D eigenvalue weighted by Crippen LogP contribution is -3.00. The summed E-state index contributed by atoms with van der Waals surface area (Å²) in [6, 6.07) is 0. The van der Waals surface area contributed by atoms with Gasteiger partial charge in [-0.05, 0) is 38.5 Å². The minimum atomic E-state index is 0. The molecule has 0 saturated carbocycles. The van der Waals surface area contributed by atoms with Crippen molar-refractivity contribution in [3.63, 3.8) is 0 Å². The van der Waals surface area contributed by atoms with Gasteiger partial charge in [-0.1, -0.05) is 26.2 Å². The fraction of sp³-hybridized carbons (Fsp3) is 1.00. The van der Waals surface area contributed by atoms with Gasteiger partial charge in [0.15, 0.2) is 0 Å². The Labute approximate surface area is 175 Å². The standard InChI is InChI=1S/C18H42N2.2HI/c1-7-8-9-10-14-17-20(5,6)18-15-12-11-13-16-19(2,3)4;;/h7-18H2,1-6H3;2*1H/q+2;;/p-2. The van der Waals surface area contributed by atoms with Gasteiger partial charge in [0.1, 0.15) is 0 Å². The number of rotatable bonds is 13. The Bertz CT molecular complexity index is 226. The van der Waals surface area contributed by atoms with Crippen LogP contribution in [0.1, 0.15) is 64.7 Å². The van der Waals surface area contributed by atoms with E-state index < -0.39 is 0 Å². The Morgan fingerprint density at radius 1 is 0.500 bits per heavy atom. The minimum absolute atomic E-state index is 0. The quantitative estimate of drug-likeness (QED) is 0.149. The summed E-state index contributed by atoms with van der Waals surface area (Å²) in [5, 5.41) is 0. The number of quaternary nitrogens is 2. The Kier molecular flexibility index (Phi) is 20.4. The van der Waals surface area contributed by atoms with Gasteiger partial charge in [-0.15, -0.1) is 0 Å². The Morgan fingerprint density at radius 2 is 0.864 bits per heavy atom.